The Bertz CT molecular complexity index is 588. The van der Waals surface area contributed by atoms with Crippen LogP contribution >= 0.6 is 15.9 Å². The summed E-state index contributed by atoms with van der Waals surface area (Å²) in [5.74, 6) is 0.538. The van der Waals surface area contributed by atoms with Gasteiger partial charge in [-0.1, -0.05) is 25.1 Å². The SMILES string of the molecule is CCNC(c1cccc(OC)c1)c1ccc(Br)c(F)c1. The minimum atomic E-state index is -0.256. The molecule has 2 aromatic carbocycles. The predicted octanol–water partition coefficient (Wildman–Crippen LogP) is 4.30. The summed E-state index contributed by atoms with van der Waals surface area (Å²) >= 11 is 3.18. The summed E-state index contributed by atoms with van der Waals surface area (Å²) < 4.78 is 19.5. The van der Waals surface area contributed by atoms with Crippen LogP contribution in [-0.4, -0.2) is 13.7 Å². The molecule has 0 spiro atoms. The van der Waals surface area contributed by atoms with Gasteiger partial charge < -0.3 is 10.1 Å². The van der Waals surface area contributed by atoms with Gasteiger partial charge in [0.2, 0.25) is 0 Å². The number of halogens is 2. The third-order valence-electron chi connectivity index (χ3n) is 3.11. The van der Waals surface area contributed by atoms with Gasteiger partial charge in [-0.05, 0) is 57.9 Å². The van der Waals surface area contributed by atoms with Gasteiger partial charge in [0.15, 0.2) is 0 Å². The molecule has 0 amide bonds. The van der Waals surface area contributed by atoms with Crippen LogP contribution in [0.2, 0.25) is 0 Å². The van der Waals surface area contributed by atoms with E-state index >= 15 is 0 Å². The summed E-state index contributed by atoms with van der Waals surface area (Å²) in [5.41, 5.74) is 1.94. The second-order valence-corrected chi connectivity index (χ2v) is 5.30. The van der Waals surface area contributed by atoms with Crippen LogP contribution in [0.15, 0.2) is 46.9 Å². The van der Waals surface area contributed by atoms with Gasteiger partial charge in [0.05, 0.1) is 17.6 Å². The molecule has 0 aromatic heterocycles. The lowest BCUT2D eigenvalue weighted by molar-refractivity contribution is 0.413. The molecule has 1 atom stereocenters. The zero-order valence-electron chi connectivity index (χ0n) is 11.5. The zero-order chi connectivity index (χ0) is 14.5. The fourth-order valence-electron chi connectivity index (χ4n) is 2.15. The Morgan fingerprint density at radius 3 is 2.60 bits per heavy atom. The largest absolute Gasteiger partial charge is 0.497 e. The van der Waals surface area contributed by atoms with E-state index in [1.165, 1.54) is 0 Å². The highest BCUT2D eigenvalue weighted by Crippen LogP contribution is 2.27. The second kappa shape index (κ2) is 6.86. The molecule has 2 nitrogen and oxygen atoms in total. The Hall–Kier alpha value is -1.39. The van der Waals surface area contributed by atoms with Crippen molar-refractivity contribution < 1.29 is 9.13 Å². The lowest BCUT2D eigenvalue weighted by Crippen LogP contribution is -2.22. The van der Waals surface area contributed by atoms with Gasteiger partial charge in [-0.3, -0.25) is 0 Å². The lowest BCUT2D eigenvalue weighted by Gasteiger charge is -2.20. The molecule has 0 aliphatic heterocycles. The van der Waals surface area contributed by atoms with Crippen molar-refractivity contribution >= 4 is 15.9 Å². The monoisotopic (exact) mass is 337 g/mol. The number of ether oxygens (including phenoxy) is 1. The first kappa shape index (κ1) is 15.0. The number of nitrogens with one attached hydrogen (secondary N) is 1. The first-order valence-corrected chi connectivity index (χ1v) is 7.27. The normalized spacial score (nSPS) is 12.2. The van der Waals surface area contributed by atoms with Gasteiger partial charge in [-0.15, -0.1) is 0 Å². The Kier molecular flexibility index (Phi) is 5.15. The third-order valence-corrected chi connectivity index (χ3v) is 3.76. The molecule has 2 aromatic rings. The van der Waals surface area contributed by atoms with Crippen LogP contribution in [-0.2, 0) is 0 Å². The van der Waals surface area contributed by atoms with Gasteiger partial charge >= 0.3 is 0 Å². The molecule has 1 N–H and O–H groups in total. The van der Waals surface area contributed by atoms with Crippen molar-refractivity contribution in [1.82, 2.24) is 5.32 Å². The van der Waals surface area contributed by atoms with E-state index in [1.807, 2.05) is 37.3 Å². The van der Waals surface area contributed by atoms with Crippen molar-refractivity contribution in [3.8, 4) is 5.75 Å². The van der Waals surface area contributed by atoms with Gasteiger partial charge in [-0.25, -0.2) is 4.39 Å². The number of hydrogen-bond acceptors (Lipinski definition) is 2. The summed E-state index contributed by atoms with van der Waals surface area (Å²) in [7, 11) is 1.64. The maximum absolute atomic E-state index is 13.7. The molecule has 0 bridgehead atoms. The van der Waals surface area contributed by atoms with Gasteiger partial charge in [-0.2, -0.15) is 0 Å². The summed E-state index contributed by atoms with van der Waals surface area (Å²) in [6.07, 6.45) is 0. The molecule has 2 rings (SSSR count). The summed E-state index contributed by atoms with van der Waals surface area (Å²) in [6, 6.07) is 13.0. The van der Waals surface area contributed by atoms with E-state index in [0.717, 1.165) is 23.4 Å². The van der Waals surface area contributed by atoms with E-state index in [4.69, 9.17) is 4.74 Å². The number of methoxy groups -OCH3 is 1. The minimum absolute atomic E-state index is 0.0577. The quantitative estimate of drug-likeness (QED) is 0.878. The molecule has 0 saturated heterocycles. The lowest BCUT2D eigenvalue weighted by atomic mass is 9.98. The van der Waals surface area contributed by atoms with Crippen LogP contribution in [0.4, 0.5) is 4.39 Å². The Morgan fingerprint density at radius 2 is 1.95 bits per heavy atom. The topological polar surface area (TPSA) is 21.3 Å². The summed E-state index contributed by atoms with van der Waals surface area (Å²) in [4.78, 5) is 0. The highest BCUT2D eigenvalue weighted by molar-refractivity contribution is 9.10. The molecule has 0 aliphatic rings. The molecule has 0 heterocycles. The van der Waals surface area contributed by atoms with Crippen molar-refractivity contribution in [2.45, 2.75) is 13.0 Å². The first-order chi connectivity index (χ1) is 9.65. The Balaban J connectivity index is 2.41. The smallest absolute Gasteiger partial charge is 0.137 e. The van der Waals surface area contributed by atoms with Crippen molar-refractivity contribution in [3.05, 3.63) is 63.9 Å². The maximum atomic E-state index is 13.7. The van der Waals surface area contributed by atoms with Crippen LogP contribution < -0.4 is 10.1 Å². The van der Waals surface area contributed by atoms with Crippen LogP contribution in [0, 0.1) is 5.82 Å². The number of benzene rings is 2. The average Bonchev–Trinajstić information content (AvgIpc) is 2.48. The van der Waals surface area contributed by atoms with Crippen LogP contribution in [0.3, 0.4) is 0 Å². The molecule has 0 radical (unpaired) electrons. The molecule has 1 unspecified atom stereocenters. The highest BCUT2D eigenvalue weighted by atomic mass is 79.9. The molecule has 0 fully saturated rings. The van der Waals surface area contributed by atoms with Gasteiger partial charge in [0.1, 0.15) is 11.6 Å². The maximum Gasteiger partial charge on any atom is 0.137 e. The average molecular weight is 338 g/mol. The molecule has 0 saturated carbocycles. The number of hydrogen-bond donors (Lipinski definition) is 1. The fraction of sp³-hybridized carbons (Fsp3) is 0.250. The molecule has 0 aliphatic carbocycles. The minimum Gasteiger partial charge on any atom is -0.497 e. The van der Waals surface area contributed by atoms with Gasteiger partial charge in [0, 0.05) is 0 Å². The Morgan fingerprint density at radius 1 is 1.20 bits per heavy atom. The van der Waals surface area contributed by atoms with Crippen LogP contribution in [0.5, 0.6) is 5.75 Å². The van der Waals surface area contributed by atoms with E-state index in [9.17, 15) is 4.39 Å². The highest BCUT2D eigenvalue weighted by Gasteiger charge is 2.15. The molecule has 106 valence electrons. The predicted molar refractivity (Wildman–Crippen MR) is 82.6 cm³/mol. The van der Waals surface area contributed by atoms with Crippen molar-refractivity contribution in [2.75, 3.05) is 13.7 Å². The van der Waals surface area contributed by atoms with Crippen molar-refractivity contribution in [2.24, 2.45) is 0 Å². The molecule has 20 heavy (non-hydrogen) atoms. The second-order valence-electron chi connectivity index (χ2n) is 4.44. The standard InChI is InChI=1S/C16H17BrFNO/c1-3-19-16(11-5-4-6-13(9-11)20-2)12-7-8-14(17)15(18)10-12/h4-10,16,19H,3H2,1-2H3. The zero-order valence-corrected chi connectivity index (χ0v) is 13.1. The van der Waals surface area contributed by atoms with Crippen molar-refractivity contribution in [1.29, 1.82) is 0 Å². The summed E-state index contributed by atoms with van der Waals surface area (Å²) in [6.45, 7) is 2.82. The fourth-order valence-corrected chi connectivity index (χ4v) is 2.39. The van der Waals surface area contributed by atoms with E-state index in [0.29, 0.717) is 4.47 Å². The van der Waals surface area contributed by atoms with E-state index in [1.54, 1.807) is 19.2 Å². The molecular formula is C16H17BrFNO. The molecule has 4 heteroatoms. The Labute approximate surface area is 127 Å². The van der Waals surface area contributed by atoms with Crippen LogP contribution in [0.25, 0.3) is 0 Å². The van der Waals surface area contributed by atoms with E-state index < -0.39 is 0 Å². The molecular weight excluding hydrogens is 321 g/mol. The van der Waals surface area contributed by atoms with Crippen LogP contribution in [0.1, 0.15) is 24.1 Å². The van der Waals surface area contributed by atoms with Gasteiger partial charge in [0.25, 0.3) is 0 Å². The van der Waals surface area contributed by atoms with Crippen molar-refractivity contribution in [3.63, 3.8) is 0 Å². The van der Waals surface area contributed by atoms with E-state index in [-0.39, 0.29) is 11.9 Å². The summed E-state index contributed by atoms with van der Waals surface area (Å²) in [5, 5.41) is 3.38. The van der Waals surface area contributed by atoms with E-state index in [2.05, 4.69) is 21.2 Å². The third kappa shape index (κ3) is 3.38. The number of rotatable bonds is 5. The first-order valence-electron chi connectivity index (χ1n) is 6.48.